The van der Waals surface area contributed by atoms with E-state index < -0.39 is 11.8 Å². The van der Waals surface area contributed by atoms with Gasteiger partial charge in [-0.05, 0) is 30.9 Å². The average molecular weight is 357 g/mol. The summed E-state index contributed by atoms with van der Waals surface area (Å²) in [5, 5.41) is 17.6. The number of rotatable bonds is 9. The zero-order chi connectivity index (χ0) is 18.9. The van der Waals surface area contributed by atoms with Crippen molar-refractivity contribution >= 4 is 17.7 Å². The Labute approximate surface area is 152 Å². The Morgan fingerprint density at radius 2 is 1.96 bits per heavy atom. The molecule has 138 valence electrons. The molecule has 7 nitrogen and oxygen atoms in total. The van der Waals surface area contributed by atoms with Crippen LogP contribution in [0.5, 0.6) is 0 Å². The minimum Gasteiger partial charge on any atom is -0.289 e. The van der Waals surface area contributed by atoms with Gasteiger partial charge in [0.2, 0.25) is 17.7 Å². The number of hydrogen-bond donors (Lipinski definition) is 2. The average Bonchev–Trinajstić information content (AvgIpc) is 2.91. The van der Waals surface area contributed by atoms with Gasteiger partial charge in [0.1, 0.15) is 0 Å². The Hall–Kier alpha value is -2.72. The molecule has 1 aromatic carbocycles. The maximum absolute atomic E-state index is 12.5. The monoisotopic (exact) mass is 357 g/mol. The van der Waals surface area contributed by atoms with E-state index in [-0.39, 0.29) is 24.7 Å². The summed E-state index contributed by atoms with van der Waals surface area (Å²) in [5.74, 6) is -1.13. The highest BCUT2D eigenvalue weighted by Gasteiger charge is 2.38. The van der Waals surface area contributed by atoms with E-state index in [0.29, 0.717) is 31.4 Å². The third kappa shape index (κ3) is 5.14. The summed E-state index contributed by atoms with van der Waals surface area (Å²) in [5.41, 5.74) is 2.92. The van der Waals surface area contributed by atoms with Crippen molar-refractivity contribution in [3.05, 3.63) is 35.4 Å². The molecular formula is C19H23N3O4. The smallest absolute Gasteiger partial charge is 0.243 e. The third-order valence-corrected chi connectivity index (χ3v) is 4.60. The summed E-state index contributed by atoms with van der Waals surface area (Å²) >= 11 is 0. The quantitative estimate of drug-likeness (QED) is 0.304. The molecule has 0 bridgehead atoms. The topological polar surface area (TPSA) is 110 Å². The number of nitrogens with one attached hydrogen (secondary N) is 1. The lowest BCUT2D eigenvalue weighted by Gasteiger charge is -2.15. The fourth-order valence-corrected chi connectivity index (χ4v) is 3.18. The molecule has 1 aromatic rings. The van der Waals surface area contributed by atoms with E-state index in [9.17, 15) is 14.4 Å². The molecule has 0 saturated carbocycles. The predicted octanol–water partition coefficient (Wildman–Crippen LogP) is 1.93. The number of benzene rings is 1. The minimum atomic E-state index is -0.407. The molecule has 1 aliphatic heterocycles. The van der Waals surface area contributed by atoms with Crippen LogP contribution >= 0.6 is 0 Å². The SMILES string of the molecule is N#Cc1ccccc1CC1CC(=O)N(CCCCCCC(=O)NO)C1=O. The molecule has 1 unspecified atom stereocenters. The first-order valence-corrected chi connectivity index (χ1v) is 8.82. The van der Waals surface area contributed by atoms with Crippen molar-refractivity contribution in [2.24, 2.45) is 5.92 Å². The van der Waals surface area contributed by atoms with Crippen molar-refractivity contribution in [1.82, 2.24) is 10.4 Å². The Morgan fingerprint density at radius 3 is 2.69 bits per heavy atom. The molecule has 1 saturated heterocycles. The van der Waals surface area contributed by atoms with Gasteiger partial charge >= 0.3 is 0 Å². The number of nitrogens with zero attached hydrogens (tertiary/aromatic N) is 2. The van der Waals surface area contributed by atoms with Crippen LogP contribution in [-0.2, 0) is 20.8 Å². The van der Waals surface area contributed by atoms with Crippen molar-refractivity contribution in [3.8, 4) is 6.07 Å². The Morgan fingerprint density at radius 1 is 1.23 bits per heavy atom. The number of nitriles is 1. The van der Waals surface area contributed by atoms with Crippen LogP contribution in [0.3, 0.4) is 0 Å². The molecule has 3 amide bonds. The van der Waals surface area contributed by atoms with Gasteiger partial charge in [-0.25, -0.2) is 5.48 Å². The number of hydroxylamine groups is 1. The molecular weight excluding hydrogens is 334 g/mol. The number of carbonyl (C=O) groups is 3. The van der Waals surface area contributed by atoms with Gasteiger partial charge in [-0.15, -0.1) is 0 Å². The van der Waals surface area contributed by atoms with Crippen LogP contribution < -0.4 is 5.48 Å². The zero-order valence-electron chi connectivity index (χ0n) is 14.6. The Kier molecular flexibility index (Phi) is 7.30. The fourth-order valence-electron chi connectivity index (χ4n) is 3.18. The maximum atomic E-state index is 12.5. The summed E-state index contributed by atoms with van der Waals surface area (Å²) in [7, 11) is 0. The maximum Gasteiger partial charge on any atom is 0.243 e. The van der Waals surface area contributed by atoms with E-state index in [2.05, 4.69) is 6.07 Å². The van der Waals surface area contributed by atoms with Gasteiger partial charge in [-0.2, -0.15) is 5.26 Å². The molecule has 1 aliphatic rings. The number of unbranched alkanes of at least 4 members (excludes halogenated alkanes) is 3. The van der Waals surface area contributed by atoms with Crippen LogP contribution in [0.2, 0.25) is 0 Å². The number of likely N-dealkylation sites (tertiary alicyclic amines) is 1. The van der Waals surface area contributed by atoms with Crippen molar-refractivity contribution in [2.75, 3.05) is 6.54 Å². The summed E-state index contributed by atoms with van der Waals surface area (Å²) in [6.07, 6.45) is 3.80. The van der Waals surface area contributed by atoms with Crippen molar-refractivity contribution in [2.45, 2.75) is 44.9 Å². The lowest BCUT2D eigenvalue weighted by atomic mass is 9.95. The fraction of sp³-hybridized carbons (Fsp3) is 0.474. The van der Waals surface area contributed by atoms with Gasteiger partial charge in [0, 0.05) is 19.4 Å². The van der Waals surface area contributed by atoms with Crippen LogP contribution in [0.25, 0.3) is 0 Å². The molecule has 0 aliphatic carbocycles. The van der Waals surface area contributed by atoms with Crippen molar-refractivity contribution in [3.63, 3.8) is 0 Å². The Bertz CT molecular complexity index is 711. The third-order valence-electron chi connectivity index (χ3n) is 4.60. The predicted molar refractivity (Wildman–Crippen MR) is 92.7 cm³/mol. The van der Waals surface area contributed by atoms with Crippen molar-refractivity contribution in [1.29, 1.82) is 5.26 Å². The van der Waals surface area contributed by atoms with E-state index in [1.807, 2.05) is 12.1 Å². The summed E-state index contributed by atoms with van der Waals surface area (Å²) in [4.78, 5) is 36.9. The lowest BCUT2D eigenvalue weighted by molar-refractivity contribution is -0.139. The van der Waals surface area contributed by atoms with Gasteiger partial charge < -0.3 is 0 Å². The molecule has 1 atom stereocenters. The summed E-state index contributed by atoms with van der Waals surface area (Å²) in [6, 6.07) is 9.26. The normalized spacial score (nSPS) is 16.6. The van der Waals surface area contributed by atoms with E-state index >= 15 is 0 Å². The molecule has 26 heavy (non-hydrogen) atoms. The molecule has 0 radical (unpaired) electrons. The second-order valence-electron chi connectivity index (χ2n) is 6.46. The van der Waals surface area contributed by atoms with Crippen LogP contribution in [0.4, 0.5) is 0 Å². The van der Waals surface area contributed by atoms with E-state index in [0.717, 1.165) is 18.4 Å². The van der Waals surface area contributed by atoms with E-state index in [1.165, 1.54) is 4.90 Å². The highest BCUT2D eigenvalue weighted by atomic mass is 16.5. The standard InChI is InChI=1S/C19H23N3O4/c20-13-15-8-5-4-7-14(15)11-16-12-18(24)22(19(16)25)10-6-2-1-3-9-17(23)21-26/h4-5,7-8,16,26H,1-3,6,9-12H2,(H,21,23). The highest BCUT2D eigenvalue weighted by Crippen LogP contribution is 2.25. The van der Waals surface area contributed by atoms with E-state index in [1.54, 1.807) is 17.6 Å². The number of carbonyl (C=O) groups excluding carboxylic acids is 3. The first-order valence-electron chi connectivity index (χ1n) is 8.82. The van der Waals surface area contributed by atoms with Gasteiger partial charge in [0.05, 0.1) is 17.6 Å². The second-order valence-corrected chi connectivity index (χ2v) is 6.46. The number of hydrogen-bond acceptors (Lipinski definition) is 5. The molecule has 0 aromatic heterocycles. The van der Waals surface area contributed by atoms with Crippen LogP contribution in [0, 0.1) is 17.2 Å². The van der Waals surface area contributed by atoms with Gasteiger partial charge in [0.25, 0.3) is 0 Å². The summed E-state index contributed by atoms with van der Waals surface area (Å²) < 4.78 is 0. The molecule has 0 spiro atoms. The van der Waals surface area contributed by atoms with Crippen LogP contribution in [-0.4, -0.2) is 34.4 Å². The van der Waals surface area contributed by atoms with Gasteiger partial charge in [0.15, 0.2) is 0 Å². The molecule has 1 heterocycles. The molecule has 2 rings (SSSR count). The highest BCUT2D eigenvalue weighted by molar-refractivity contribution is 6.03. The molecule has 2 N–H and O–H groups in total. The Balaban J connectivity index is 1.79. The van der Waals surface area contributed by atoms with Gasteiger partial charge in [-0.1, -0.05) is 31.0 Å². The first kappa shape index (κ1) is 19.6. The summed E-state index contributed by atoms with van der Waals surface area (Å²) in [6.45, 7) is 0.389. The lowest BCUT2D eigenvalue weighted by Crippen LogP contribution is -2.32. The zero-order valence-corrected chi connectivity index (χ0v) is 14.6. The van der Waals surface area contributed by atoms with Crippen molar-refractivity contribution < 1.29 is 19.6 Å². The first-order chi connectivity index (χ1) is 12.6. The second kappa shape index (κ2) is 9.68. The van der Waals surface area contributed by atoms with Gasteiger partial charge in [-0.3, -0.25) is 24.5 Å². The number of amides is 3. The minimum absolute atomic E-state index is 0.158. The largest absolute Gasteiger partial charge is 0.289 e. The molecule has 7 heteroatoms. The molecule has 1 fully saturated rings. The van der Waals surface area contributed by atoms with E-state index in [4.69, 9.17) is 10.5 Å². The number of imide groups is 1. The van der Waals surface area contributed by atoms with Crippen LogP contribution in [0.15, 0.2) is 24.3 Å². The van der Waals surface area contributed by atoms with Crippen LogP contribution in [0.1, 0.15) is 49.7 Å².